The zero-order valence-corrected chi connectivity index (χ0v) is 15.1. The lowest BCUT2D eigenvalue weighted by molar-refractivity contribution is 0.628. The Morgan fingerprint density at radius 3 is 2.59 bits per heavy atom. The molecule has 0 radical (unpaired) electrons. The van der Waals surface area contributed by atoms with Gasteiger partial charge in [-0.15, -0.1) is 5.10 Å². The molecule has 7 nitrogen and oxygen atoms in total. The Morgan fingerprint density at radius 2 is 1.85 bits per heavy atom. The van der Waals surface area contributed by atoms with Crippen LogP contribution in [-0.2, 0) is 0 Å². The summed E-state index contributed by atoms with van der Waals surface area (Å²) < 4.78 is 13.3. The highest BCUT2D eigenvalue weighted by Gasteiger charge is 2.20. The van der Waals surface area contributed by atoms with E-state index in [1.165, 1.54) is 18.3 Å². The van der Waals surface area contributed by atoms with Gasteiger partial charge in [-0.2, -0.15) is 10.1 Å². The molecule has 0 atom stereocenters. The number of nitrogens with one attached hydrogen (secondary N) is 1. The van der Waals surface area contributed by atoms with E-state index in [-0.39, 0.29) is 5.02 Å². The largest absolute Gasteiger partial charge is 0.353 e. The van der Waals surface area contributed by atoms with Crippen LogP contribution in [-0.4, -0.2) is 46.3 Å². The van der Waals surface area contributed by atoms with Gasteiger partial charge < -0.3 is 15.1 Å². The van der Waals surface area contributed by atoms with Crippen molar-refractivity contribution < 1.29 is 4.39 Å². The Balaban J connectivity index is 1.43. The molecule has 4 rings (SSSR count). The summed E-state index contributed by atoms with van der Waals surface area (Å²) in [7, 11) is 0. The Kier molecular flexibility index (Phi) is 4.97. The van der Waals surface area contributed by atoms with Crippen LogP contribution in [0.1, 0.15) is 0 Å². The van der Waals surface area contributed by atoms with Gasteiger partial charge >= 0.3 is 0 Å². The SMILES string of the molecule is Fc1ccc(Nc2cnnc(N3CCN(c4ccccn4)CC3)n2)cc1Cl. The van der Waals surface area contributed by atoms with E-state index in [0.717, 1.165) is 32.0 Å². The molecule has 0 spiro atoms. The number of hydrogen-bond acceptors (Lipinski definition) is 7. The summed E-state index contributed by atoms with van der Waals surface area (Å²) in [6.45, 7) is 3.19. The molecule has 1 aromatic carbocycles. The number of anilines is 4. The molecule has 1 fully saturated rings. The van der Waals surface area contributed by atoms with Gasteiger partial charge in [-0.3, -0.25) is 0 Å². The van der Waals surface area contributed by atoms with Crippen LogP contribution < -0.4 is 15.1 Å². The van der Waals surface area contributed by atoms with Crippen LogP contribution in [0.25, 0.3) is 0 Å². The van der Waals surface area contributed by atoms with Crippen LogP contribution in [0.3, 0.4) is 0 Å². The second-order valence-corrected chi connectivity index (χ2v) is 6.46. The molecule has 3 heterocycles. The number of piperazine rings is 1. The van der Waals surface area contributed by atoms with E-state index >= 15 is 0 Å². The highest BCUT2D eigenvalue weighted by Crippen LogP contribution is 2.22. The summed E-state index contributed by atoms with van der Waals surface area (Å²) in [6.07, 6.45) is 3.32. The number of benzene rings is 1. The monoisotopic (exact) mass is 385 g/mol. The molecule has 0 saturated carbocycles. The number of aromatic nitrogens is 4. The maximum atomic E-state index is 13.3. The zero-order chi connectivity index (χ0) is 18.6. The molecule has 2 aromatic heterocycles. The molecule has 0 amide bonds. The molecule has 1 saturated heterocycles. The number of hydrogen-bond donors (Lipinski definition) is 1. The van der Waals surface area contributed by atoms with Gasteiger partial charge in [0.2, 0.25) is 5.95 Å². The first kappa shape index (κ1) is 17.4. The molecule has 138 valence electrons. The Morgan fingerprint density at radius 1 is 1.04 bits per heavy atom. The molecule has 3 aromatic rings. The van der Waals surface area contributed by atoms with E-state index in [9.17, 15) is 4.39 Å². The summed E-state index contributed by atoms with van der Waals surface area (Å²) >= 11 is 5.82. The molecule has 1 aliphatic rings. The van der Waals surface area contributed by atoms with Crippen molar-refractivity contribution >= 4 is 34.9 Å². The number of pyridine rings is 1. The van der Waals surface area contributed by atoms with Crippen molar-refractivity contribution in [2.75, 3.05) is 41.3 Å². The Labute approximate surface area is 160 Å². The molecular formula is C18H17ClFN7. The average Bonchev–Trinajstić information content (AvgIpc) is 2.72. The summed E-state index contributed by atoms with van der Waals surface area (Å²) in [5.74, 6) is 1.58. The Bertz CT molecular complexity index is 917. The first-order valence-electron chi connectivity index (χ1n) is 8.52. The maximum absolute atomic E-state index is 13.3. The molecule has 0 aliphatic carbocycles. The second-order valence-electron chi connectivity index (χ2n) is 6.06. The molecule has 0 unspecified atom stereocenters. The van der Waals surface area contributed by atoms with Gasteiger partial charge in [0, 0.05) is 38.1 Å². The molecule has 0 bridgehead atoms. The number of rotatable bonds is 4. The minimum atomic E-state index is -0.463. The smallest absolute Gasteiger partial charge is 0.247 e. The van der Waals surface area contributed by atoms with Gasteiger partial charge in [-0.1, -0.05) is 17.7 Å². The van der Waals surface area contributed by atoms with Crippen LogP contribution in [0.2, 0.25) is 5.02 Å². The maximum Gasteiger partial charge on any atom is 0.247 e. The third-order valence-electron chi connectivity index (χ3n) is 4.28. The van der Waals surface area contributed by atoms with E-state index in [1.807, 2.05) is 18.2 Å². The quantitative estimate of drug-likeness (QED) is 0.739. The van der Waals surface area contributed by atoms with Gasteiger partial charge in [-0.25, -0.2) is 9.37 Å². The van der Waals surface area contributed by atoms with E-state index in [4.69, 9.17) is 11.6 Å². The molecule has 9 heteroatoms. The van der Waals surface area contributed by atoms with E-state index < -0.39 is 5.82 Å². The lowest BCUT2D eigenvalue weighted by Crippen LogP contribution is -2.47. The van der Waals surface area contributed by atoms with Gasteiger partial charge in [0.05, 0.1) is 11.2 Å². The summed E-state index contributed by atoms with van der Waals surface area (Å²) in [5, 5.41) is 11.3. The van der Waals surface area contributed by atoms with Crippen molar-refractivity contribution in [2.24, 2.45) is 0 Å². The van der Waals surface area contributed by atoms with Crippen LogP contribution >= 0.6 is 11.6 Å². The minimum Gasteiger partial charge on any atom is -0.353 e. The van der Waals surface area contributed by atoms with E-state index in [1.54, 1.807) is 12.3 Å². The van der Waals surface area contributed by atoms with E-state index in [2.05, 4.69) is 35.3 Å². The zero-order valence-electron chi connectivity index (χ0n) is 14.4. The number of nitrogens with zero attached hydrogens (tertiary/aromatic N) is 6. The standard InChI is InChI=1S/C18H17ClFN7/c19-14-11-13(4-5-15(14)20)23-16-12-22-25-18(24-16)27-9-7-26(8-10-27)17-3-1-2-6-21-17/h1-6,11-12H,7-10H2,(H,23,24,25). The number of halogens is 2. The molecule has 27 heavy (non-hydrogen) atoms. The normalized spacial score (nSPS) is 14.3. The molecular weight excluding hydrogens is 369 g/mol. The van der Waals surface area contributed by atoms with Crippen molar-refractivity contribution in [1.29, 1.82) is 0 Å². The van der Waals surface area contributed by atoms with Crippen molar-refractivity contribution in [3.63, 3.8) is 0 Å². The highest BCUT2D eigenvalue weighted by atomic mass is 35.5. The third-order valence-corrected chi connectivity index (χ3v) is 4.57. The first-order chi connectivity index (χ1) is 13.2. The van der Waals surface area contributed by atoms with Crippen LogP contribution in [0, 0.1) is 5.82 Å². The lowest BCUT2D eigenvalue weighted by Gasteiger charge is -2.35. The van der Waals surface area contributed by atoms with Gasteiger partial charge in [-0.05, 0) is 30.3 Å². The van der Waals surface area contributed by atoms with Crippen molar-refractivity contribution in [3.05, 3.63) is 59.6 Å². The second kappa shape index (κ2) is 7.71. The van der Waals surface area contributed by atoms with Crippen molar-refractivity contribution in [1.82, 2.24) is 20.2 Å². The van der Waals surface area contributed by atoms with Gasteiger partial charge in [0.15, 0.2) is 5.82 Å². The molecule has 1 N–H and O–H groups in total. The summed E-state index contributed by atoms with van der Waals surface area (Å²) in [6, 6.07) is 10.3. The van der Waals surface area contributed by atoms with Crippen LogP contribution in [0.15, 0.2) is 48.8 Å². The van der Waals surface area contributed by atoms with Crippen molar-refractivity contribution in [3.8, 4) is 0 Å². The summed E-state index contributed by atoms with van der Waals surface area (Å²) in [5.41, 5.74) is 0.632. The summed E-state index contributed by atoms with van der Waals surface area (Å²) in [4.78, 5) is 13.2. The third kappa shape index (κ3) is 4.06. The highest BCUT2D eigenvalue weighted by molar-refractivity contribution is 6.31. The minimum absolute atomic E-state index is 0.0490. The van der Waals surface area contributed by atoms with Gasteiger partial charge in [0.25, 0.3) is 0 Å². The average molecular weight is 386 g/mol. The predicted molar refractivity (Wildman–Crippen MR) is 103 cm³/mol. The Hall–Kier alpha value is -3.00. The van der Waals surface area contributed by atoms with Gasteiger partial charge in [0.1, 0.15) is 11.6 Å². The fraction of sp³-hybridized carbons (Fsp3) is 0.222. The topological polar surface area (TPSA) is 70.1 Å². The van der Waals surface area contributed by atoms with Crippen LogP contribution in [0.5, 0.6) is 0 Å². The molecule has 1 aliphatic heterocycles. The first-order valence-corrected chi connectivity index (χ1v) is 8.89. The lowest BCUT2D eigenvalue weighted by atomic mass is 10.3. The fourth-order valence-corrected chi connectivity index (χ4v) is 3.07. The fourth-order valence-electron chi connectivity index (χ4n) is 2.89. The predicted octanol–water partition coefficient (Wildman–Crippen LogP) is 3.13. The van der Waals surface area contributed by atoms with Crippen LogP contribution in [0.4, 0.5) is 27.7 Å². The van der Waals surface area contributed by atoms with Crippen molar-refractivity contribution in [2.45, 2.75) is 0 Å². The van der Waals surface area contributed by atoms with E-state index in [0.29, 0.717) is 17.5 Å².